The molecule has 2 aromatic rings. The Hall–Kier alpha value is -2.25. The Bertz CT molecular complexity index is 815. The number of ether oxygens (including phenoxy) is 1. The quantitative estimate of drug-likeness (QED) is 0.893. The highest BCUT2D eigenvalue weighted by molar-refractivity contribution is 7.90. The first-order valence-corrected chi connectivity index (χ1v) is 9.32. The van der Waals surface area contributed by atoms with Crippen molar-refractivity contribution < 1.29 is 17.9 Å². The number of hydrogen-bond acceptors (Lipinski definition) is 5. The molecule has 1 N–H and O–H groups in total. The fourth-order valence-corrected chi connectivity index (χ4v) is 3.99. The van der Waals surface area contributed by atoms with E-state index in [1.807, 2.05) is 30.3 Å². The highest BCUT2D eigenvalue weighted by Gasteiger charge is 2.25. The second-order valence-corrected chi connectivity index (χ2v) is 7.54. The van der Waals surface area contributed by atoms with Crippen LogP contribution in [-0.2, 0) is 14.8 Å². The number of benzene rings is 1. The maximum atomic E-state index is 12.3. The van der Waals surface area contributed by atoms with Gasteiger partial charge in [-0.2, -0.15) is 0 Å². The molecule has 0 spiro atoms. The van der Waals surface area contributed by atoms with Gasteiger partial charge in [0.15, 0.2) is 0 Å². The van der Waals surface area contributed by atoms with Gasteiger partial charge in [-0.05, 0) is 18.1 Å². The zero-order valence-corrected chi connectivity index (χ0v) is 13.8. The van der Waals surface area contributed by atoms with Gasteiger partial charge in [0, 0.05) is 30.5 Å². The number of amides is 1. The summed E-state index contributed by atoms with van der Waals surface area (Å²) >= 11 is 0. The van der Waals surface area contributed by atoms with E-state index in [0.717, 1.165) is 11.1 Å². The lowest BCUT2D eigenvalue weighted by Gasteiger charge is -2.10. The molecule has 3 rings (SSSR count). The summed E-state index contributed by atoms with van der Waals surface area (Å²) in [6.45, 7) is 0.983. The van der Waals surface area contributed by atoms with Crippen molar-refractivity contribution in [2.45, 2.75) is 6.42 Å². The van der Waals surface area contributed by atoms with Crippen LogP contribution in [0.4, 0.5) is 0 Å². The third-order valence-corrected chi connectivity index (χ3v) is 5.24. The topological polar surface area (TPSA) is 85.4 Å². The lowest BCUT2D eigenvalue weighted by molar-refractivity contribution is 0.0981. The Morgan fingerprint density at radius 1 is 1.21 bits per heavy atom. The van der Waals surface area contributed by atoms with Crippen molar-refractivity contribution in [3.8, 4) is 11.1 Å². The molecule has 1 aliphatic rings. The molecule has 24 heavy (non-hydrogen) atoms. The van der Waals surface area contributed by atoms with Crippen LogP contribution in [-0.4, -0.2) is 38.3 Å². The maximum Gasteiger partial charge on any atom is 0.266 e. The van der Waals surface area contributed by atoms with Crippen LogP contribution in [0.5, 0.6) is 0 Å². The van der Waals surface area contributed by atoms with Crippen molar-refractivity contribution in [2.75, 3.05) is 19.0 Å². The SMILES string of the molecule is O=C(NS(=O)(=O)CC1CCOC1)c1cncc(-c2ccccc2)c1. The number of rotatable bonds is 5. The smallest absolute Gasteiger partial charge is 0.266 e. The minimum atomic E-state index is -3.70. The van der Waals surface area contributed by atoms with E-state index in [1.165, 1.54) is 6.20 Å². The van der Waals surface area contributed by atoms with Gasteiger partial charge in [-0.1, -0.05) is 30.3 Å². The van der Waals surface area contributed by atoms with Crippen LogP contribution in [0.25, 0.3) is 11.1 Å². The highest BCUT2D eigenvalue weighted by atomic mass is 32.2. The van der Waals surface area contributed by atoms with Crippen molar-refractivity contribution in [1.82, 2.24) is 9.71 Å². The van der Waals surface area contributed by atoms with Gasteiger partial charge in [-0.15, -0.1) is 0 Å². The monoisotopic (exact) mass is 346 g/mol. The van der Waals surface area contributed by atoms with Crippen molar-refractivity contribution in [3.63, 3.8) is 0 Å². The van der Waals surface area contributed by atoms with E-state index in [2.05, 4.69) is 9.71 Å². The molecule has 0 saturated carbocycles. The van der Waals surface area contributed by atoms with Gasteiger partial charge in [0.2, 0.25) is 10.0 Å². The first-order chi connectivity index (χ1) is 11.5. The van der Waals surface area contributed by atoms with E-state index in [0.29, 0.717) is 19.6 Å². The zero-order valence-electron chi connectivity index (χ0n) is 13.0. The summed E-state index contributed by atoms with van der Waals surface area (Å²) in [5.41, 5.74) is 1.87. The molecule has 1 amide bonds. The van der Waals surface area contributed by atoms with Crippen molar-refractivity contribution in [3.05, 3.63) is 54.4 Å². The minimum absolute atomic E-state index is 0.0657. The van der Waals surface area contributed by atoms with E-state index in [4.69, 9.17) is 4.74 Å². The van der Waals surface area contributed by atoms with E-state index in [1.54, 1.807) is 12.3 Å². The molecular weight excluding hydrogens is 328 g/mol. The van der Waals surface area contributed by atoms with Gasteiger partial charge in [0.1, 0.15) is 0 Å². The molecule has 126 valence electrons. The number of carbonyl (C=O) groups excluding carboxylic acids is 1. The van der Waals surface area contributed by atoms with E-state index in [-0.39, 0.29) is 17.2 Å². The first-order valence-electron chi connectivity index (χ1n) is 7.66. The Morgan fingerprint density at radius 3 is 2.71 bits per heavy atom. The summed E-state index contributed by atoms with van der Waals surface area (Å²) in [7, 11) is -3.70. The Kier molecular flexibility index (Phi) is 4.92. The maximum absolute atomic E-state index is 12.3. The highest BCUT2D eigenvalue weighted by Crippen LogP contribution is 2.19. The fourth-order valence-electron chi connectivity index (χ4n) is 2.62. The van der Waals surface area contributed by atoms with Gasteiger partial charge in [-0.3, -0.25) is 9.78 Å². The summed E-state index contributed by atoms with van der Waals surface area (Å²) in [5, 5.41) is 0. The molecule has 6 nitrogen and oxygen atoms in total. The third-order valence-electron chi connectivity index (χ3n) is 3.83. The van der Waals surface area contributed by atoms with Crippen molar-refractivity contribution in [2.24, 2.45) is 5.92 Å². The van der Waals surface area contributed by atoms with Crippen LogP contribution < -0.4 is 4.72 Å². The molecule has 0 bridgehead atoms. The number of nitrogens with one attached hydrogen (secondary N) is 1. The molecule has 2 heterocycles. The molecule has 1 saturated heterocycles. The van der Waals surface area contributed by atoms with E-state index >= 15 is 0 Å². The number of pyridine rings is 1. The molecule has 1 aromatic carbocycles. The summed E-state index contributed by atoms with van der Waals surface area (Å²) in [6.07, 6.45) is 3.69. The van der Waals surface area contributed by atoms with Gasteiger partial charge in [0.25, 0.3) is 5.91 Å². The average Bonchev–Trinajstić information content (AvgIpc) is 3.07. The number of nitrogens with zero attached hydrogens (tertiary/aromatic N) is 1. The van der Waals surface area contributed by atoms with Gasteiger partial charge >= 0.3 is 0 Å². The Morgan fingerprint density at radius 2 is 2.00 bits per heavy atom. The predicted molar refractivity (Wildman–Crippen MR) is 89.9 cm³/mol. The lowest BCUT2D eigenvalue weighted by Crippen LogP contribution is -2.35. The van der Waals surface area contributed by atoms with Crippen LogP contribution in [0, 0.1) is 5.92 Å². The zero-order chi connectivity index (χ0) is 17.0. The molecule has 0 aliphatic carbocycles. The normalized spacial score (nSPS) is 17.6. The number of aromatic nitrogens is 1. The summed E-state index contributed by atoms with van der Waals surface area (Å²) in [6, 6.07) is 11.1. The van der Waals surface area contributed by atoms with Crippen LogP contribution in [0.2, 0.25) is 0 Å². The van der Waals surface area contributed by atoms with E-state index < -0.39 is 15.9 Å². The van der Waals surface area contributed by atoms with Crippen LogP contribution >= 0.6 is 0 Å². The molecule has 1 atom stereocenters. The molecular formula is C17H18N2O4S. The van der Waals surface area contributed by atoms with E-state index in [9.17, 15) is 13.2 Å². The van der Waals surface area contributed by atoms with Crippen LogP contribution in [0.15, 0.2) is 48.8 Å². The predicted octanol–water partition coefficient (Wildman–Crippen LogP) is 1.84. The van der Waals surface area contributed by atoms with Crippen molar-refractivity contribution >= 4 is 15.9 Å². The molecule has 1 aromatic heterocycles. The third kappa shape index (κ3) is 4.18. The molecule has 7 heteroatoms. The Balaban J connectivity index is 1.73. The summed E-state index contributed by atoms with van der Waals surface area (Å²) in [5.74, 6) is -0.840. The molecule has 0 radical (unpaired) electrons. The molecule has 1 fully saturated rings. The first kappa shape index (κ1) is 16.6. The standard InChI is InChI=1S/C17H18N2O4S/c20-17(19-24(21,22)12-13-6-7-23-11-13)16-8-15(9-18-10-16)14-4-2-1-3-5-14/h1-5,8-10,13H,6-7,11-12H2,(H,19,20). The fraction of sp³-hybridized carbons (Fsp3) is 0.294. The largest absolute Gasteiger partial charge is 0.381 e. The Labute approximate surface area is 140 Å². The molecule has 1 aliphatic heterocycles. The number of sulfonamides is 1. The lowest BCUT2D eigenvalue weighted by atomic mass is 10.1. The van der Waals surface area contributed by atoms with Crippen molar-refractivity contribution in [1.29, 1.82) is 0 Å². The number of carbonyl (C=O) groups is 1. The summed E-state index contributed by atoms with van der Waals surface area (Å²) < 4.78 is 31.5. The molecule has 1 unspecified atom stereocenters. The van der Waals surface area contributed by atoms with Gasteiger partial charge in [0.05, 0.1) is 17.9 Å². The second kappa shape index (κ2) is 7.11. The number of hydrogen-bond donors (Lipinski definition) is 1. The van der Waals surface area contributed by atoms with Crippen LogP contribution in [0.3, 0.4) is 0 Å². The van der Waals surface area contributed by atoms with Gasteiger partial charge in [-0.25, -0.2) is 13.1 Å². The minimum Gasteiger partial charge on any atom is -0.381 e. The summed E-state index contributed by atoms with van der Waals surface area (Å²) in [4.78, 5) is 16.3. The van der Waals surface area contributed by atoms with Crippen LogP contribution in [0.1, 0.15) is 16.8 Å². The van der Waals surface area contributed by atoms with Gasteiger partial charge < -0.3 is 4.74 Å². The second-order valence-electron chi connectivity index (χ2n) is 5.77. The average molecular weight is 346 g/mol.